The molecule has 3 N–H and O–H groups in total. The summed E-state index contributed by atoms with van der Waals surface area (Å²) >= 11 is 0. The van der Waals surface area contributed by atoms with Gasteiger partial charge < -0.3 is 4.57 Å². The number of benzene rings is 5. The number of rotatable bonds is 4. The van der Waals surface area contributed by atoms with Gasteiger partial charge in [0.05, 0.1) is 23.4 Å². The SMILES string of the molecule is CC1(C)c2ccccc2-c2cc3c(cc21)c1cc(C2=CCCC=C2)ccc1n3C1NC(c2ccccc2)NC(c2ccccc2)N1. The van der Waals surface area contributed by atoms with Gasteiger partial charge in [-0.2, -0.15) is 0 Å². The highest BCUT2D eigenvalue weighted by molar-refractivity contribution is 6.11. The Morgan fingerprint density at radius 1 is 0.609 bits per heavy atom. The molecule has 0 radical (unpaired) electrons. The number of nitrogens with one attached hydrogen (secondary N) is 3. The standard InChI is InChI=1S/C42H38N4/c1-42(2)35-21-13-12-20-31(35)32-26-38-34(25-36(32)42)33-24-30(27-14-6-3-7-15-27)22-23-37(33)46(38)41-44-39(28-16-8-4-9-17-28)43-40(45-41)29-18-10-5-11-19-29/h4-6,8-26,39-41,43-45H,3,7H2,1-2H3. The Morgan fingerprint density at radius 3 is 1.98 bits per heavy atom. The molecule has 2 heterocycles. The lowest BCUT2D eigenvalue weighted by molar-refractivity contribution is 0.161. The van der Waals surface area contributed by atoms with Crippen LogP contribution in [0.3, 0.4) is 0 Å². The Balaban J connectivity index is 1.28. The van der Waals surface area contributed by atoms with E-state index in [1.165, 1.54) is 66.3 Å². The van der Waals surface area contributed by atoms with Crippen LogP contribution in [0.5, 0.6) is 0 Å². The predicted molar refractivity (Wildman–Crippen MR) is 190 cm³/mol. The molecule has 2 aliphatic carbocycles. The Hall–Kier alpha value is -4.74. The molecule has 0 saturated carbocycles. The highest BCUT2D eigenvalue weighted by Crippen LogP contribution is 2.51. The first-order valence-corrected chi connectivity index (χ1v) is 16.5. The molecule has 6 aromatic rings. The summed E-state index contributed by atoms with van der Waals surface area (Å²) in [4.78, 5) is 0. The normalized spacial score (nSPS) is 21.7. The van der Waals surface area contributed by atoms with Crippen LogP contribution in [0.2, 0.25) is 0 Å². The quantitative estimate of drug-likeness (QED) is 0.189. The second-order valence-electron chi connectivity index (χ2n) is 13.4. The summed E-state index contributed by atoms with van der Waals surface area (Å²) in [6.07, 6.45) is 8.91. The van der Waals surface area contributed by atoms with Gasteiger partial charge in [-0.15, -0.1) is 0 Å². The summed E-state index contributed by atoms with van der Waals surface area (Å²) in [6, 6.07) is 42.4. The van der Waals surface area contributed by atoms with Gasteiger partial charge in [-0.25, -0.2) is 0 Å². The number of fused-ring (bicyclic) bond motifs is 6. The van der Waals surface area contributed by atoms with Gasteiger partial charge in [-0.3, -0.25) is 16.0 Å². The summed E-state index contributed by atoms with van der Waals surface area (Å²) < 4.78 is 2.50. The molecule has 46 heavy (non-hydrogen) atoms. The maximum Gasteiger partial charge on any atom is 0.142 e. The molecule has 0 spiro atoms. The van der Waals surface area contributed by atoms with Crippen molar-refractivity contribution in [3.63, 3.8) is 0 Å². The van der Waals surface area contributed by atoms with Crippen molar-refractivity contribution < 1.29 is 0 Å². The summed E-state index contributed by atoms with van der Waals surface area (Å²) in [5, 5.41) is 14.3. The summed E-state index contributed by atoms with van der Waals surface area (Å²) in [6.45, 7) is 4.74. The van der Waals surface area contributed by atoms with Crippen LogP contribution in [0.25, 0.3) is 38.5 Å². The minimum absolute atomic E-state index is 0.0453. The molecular formula is C42H38N4. The minimum Gasteiger partial charge on any atom is -0.311 e. The summed E-state index contributed by atoms with van der Waals surface area (Å²) in [7, 11) is 0. The number of allylic oxidation sites excluding steroid dienone is 4. The molecule has 2 unspecified atom stereocenters. The van der Waals surface area contributed by atoms with Gasteiger partial charge in [-0.1, -0.05) is 123 Å². The number of aromatic nitrogens is 1. The molecule has 9 rings (SSSR count). The molecule has 3 aliphatic rings. The zero-order chi connectivity index (χ0) is 30.8. The van der Waals surface area contributed by atoms with Crippen LogP contribution in [0.4, 0.5) is 0 Å². The van der Waals surface area contributed by atoms with E-state index in [0.29, 0.717) is 0 Å². The fourth-order valence-corrected chi connectivity index (χ4v) is 7.98. The molecular weight excluding hydrogens is 560 g/mol. The molecule has 4 heteroatoms. The molecule has 4 nitrogen and oxygen atoms in total. The fourth-order valence-electron chi connectivity index (χ4n) is 7.98. The van der Waals surface area contributed by atoms with E-state index in [1.54, 1.807) is 0 Å². The van der Waals surface area contributed by atoms with Crippen molar-refractivity contribution >= 4 is 27.4 Å². The first-order valence-electron chi connectivity index (χ1n) is 16.5. The van der Waals surface area contributed by atoms with Gasteiger partial charge in [0.1, 0.15) is 6.29 Å². The highest BCUT2D eigenvalue weighted by atomic mass is 15.4. The first-order chi connectivity index (χ1) is 22.6. The molecule has 226 valence electrons. The number of hydrogen-bond donors (Lipinski definition) is 3. The van der Waals surface area contributed by atoms with Crippen molar-refractivity contribution in [1.29, 1.82) is 0 Å². The topological polar surface area (TPSA) is 41.0 Å². The maximum atomic E-state index is 3.96. The van der Waals surface area contributed by atoms with Crippen molar-refractivity contribution in [1.82, 2.24) is 20.5 Å². The molecule has 5 aromatic carbocycles. The Kier molecular flexibility index (Phi) is 6.39. The molecule has 1 aromatic heterocycles. The molecule has 1 saturated heterocycles. The van der Waals surface area contributed by atoms with E-state index in [9.17, 15) is 0 Å². The third kappa shape index (κ3) is 4.33. The molecule has 2 atom stereocenters. The van der Waals surface area contributed by atoms with Crippen LogP contribution in [-0.4, -0.2) is 4.57 Å². The Bertz CT molecular complexity index is 2120. The van der Waals surface area contributed by atoms with Gasteiger partial charge in [0.2, 0.25) is 0 Å². The lowest BCUT2D eigenvalue weighted by Gasteiger charge is -2.40. The lowest BCUT2D eigenvalue weighted by Crippen LogP contribution is -2.56. The monoisotopic (exact) mass is 598 g/mol. The Labute approximate surface area is 270 Å². The first kappa shape index (κ1) is 27.6. The zero-order valence-corrected chi connectivity index (χ0v) is 26.3. The number of hydrogen-bond acceptors (Lipinski definition) is 3. The van der Waals surface area contributed by atoms with Gasteiger partial charge in [-0.05, 0) is 81.6 Å². The van der Waals surface area contributed by atoms with Gasteiger partial charge in [0.15, 0.2) is 0 Å². The van der Waals surface area contributed by atoms with Gasteiger partial charge in [0, 0.05) is 16.2 Å². The van der Waals surface area contributed by atoms with Crippen molar-refractivity contribution in [3.05, 3.63) is 161 Å². The molecule has 0 amide bonds. The lowest BCUT2D eigenvalue weighted by atomic mass is 9.82. The van der Waals surface area contributed by atoms with E-state index in [2.05, 4.69) is 168 Å². The molecule has 0 bridgehead atoms. The molecule has 1 fully saturated rings. The largest absolute Gasteiger partial charge is 0.311 e. The van der Waals surface area contributed by atoms with E-state index in [4.69, 9.17) is 0 Å². The third-order valence-electron chi connectivity index (χ3n) is 10.3. The van der Waals surface area contributed by atoms with Crippen LogP contribution in [0.1, 0.15) is 73.1 Å². The van der Waals surface area contributed by atoms with Crippen molar-refractivity contribution in [2.75, 3.05) is 0 Å². The van der Waals surface area contributed by atoms with E-state index in [-0.39, 0.29) is 24.0 Å². The van der Waals surface area contributed by atoms with E-state index in [0.717, 1.165) is 12.8 Å². The van der Waals surface area contributed by atoms with Crippen LogP contribution in [0.15, 0.2) is 133 Å². The van der Waals surface area contributed by atoms with Crippen LogP contribution in [0, 0.1) is 0 Å². The average molecular weight is 599 g/mol. The third-order valence-corrected chi connectivity index (χ3v) is 10.3. The Morgan fingerprint density at radius 2 is 1.28 bits per heavy atom. The van der Waals surface area contributed by atoms with Gasteiger partial charge >= 0.3 is 0 Å². The average Bonchev–Trinajstić information content (AvgIpc) is 3.56. The van der Waals surface area contributed by atoms with E-state index in [1.807, 2.05) is 0 Å². The number of nitrogens with zero attached hydrogens (tertiary/aromatic N) is 1. The van der Waals surface area contributed by atoms with E-state index >= 15 is 0 Å². The van der Waals surface area contributed by atoms with Crippen molar-refractivity contribution in [2.45, 2.75) is 50.7 Å². The minimum atomic E-state index is -0.168. The fraction of sp³-hybridized carbons (Fsp3) is 0.190. The second kappa shape index (κ2) is 10.7. The molecule has 1 aliphatic heterocycles. The maximum absolute atomic E-state index is 3.96. The highest BCUT2D eigenvalue weighted by Gasteiger charge is 2.37. The zero-order valence-electron chi connectivity index (χ0n) is 26.3. The van der Waals surface area contributed by atoms with Crippen LogP contribution >= 0.6 is 0 Å². The van der Waals surface area contributed by atoms with Crippen molar-refractivity contribution in [2.24, 2.45) is 0 Å². The van der Waals surface area contributed by atoms with Crippen LogP contribution in [-0.2, 0) is 5.41 Å². The van der Waals surface area contributed by atoms with Gasteiger partial charge in [0.25, 0.3) is 0 Å². The smallest absolute Gasteiger partial charge is 0.142 e. The van der Waals surface area contributed by atoms with E-state index < -0.39 is 0 Å². The van der Waals surface area contributed by atoms with Crippen LogP contribution < -0.4 is 16.0 Å². The van der Waals surface area contributed by atoms with Crippen molar-refractivity contribution in [3.8, 4) is 11.1 Å². The summed E-state index contributed by atoms with van der Waals surface area (Å²) in [5.41, 5.74) is 12.9. The summed E-state index contributed by atoms with van der Waals surface area (Å²) in [5.74, 6) is 0. The second-order valence-corrected chi connectivity index (χ2v) is 13.4. The predicted octanol–water partition coefficient (Wildman–Crippen LogP) is 9.47.